The summed E-state index contributed by atoms with van der Waals surface area (Å²) in [6, 6.07) is 9.55. The lowest BCUT2D eigenvalue weighted by molar-refractivity contribution is -0.128. The Balaban J connectivity index is 1.70. The van der Waals surface area contributed by atoms with Crippen LogP contribution in [-0.4, -0.2) is 60.1 Å². The van der Waals surface area contributed by atoms with Gasteiger partial charge >= 0.3 is 6.03 Å². The molecule has 1 atom stereocenters. The molecule has 3 rings (SSSR count). The van der Waals surface area contributed by atoms with E-state index in [2.05, 4.69) is 5.32 Å². The van der Waals surface area contributed by atoms with Crippen LogP contribution in [0.4, 0.5) is 4.79 Å². The normalized spacial score (nSPS) is 21.3. The number of benzene rings is 1. The Morgan fingerprint density at radius 1 is 1.28 bits per heavy atom. The Morgan fingerprint density at radius 2 is 2.04 bits per heavy atom. The highest BCUT2D eigenvalue weighted by molar-refractivity contribution is 5.78. The van der Waals surface area contributed by atoms with E-state index in [1.54, 1.807) is 4.90 Å². The van der Waals surface area contributed by atoms with Crippen LogP contribution in [0, 0.1) is 0 Å². The van der Waals surface area contributed by atoms with Gasteiger partial charge in [-0.25, -0.2) is 4.79 Å². The predicted octanol–water partition coefficient (Wildman–Crippen LogP) is 2.17. The maximum Gasteiger partial charge on any atom is 0.318 e. The molecule has 6 nitrogen and oxygen atoms in total. The zero-order valence-corrected chi connectivity index (χ0v) is 15.0. The Kier molecular flexibility index (Phi) is 5.27. The fourth-order valence-corrected chi connectivity index (χ4v) is 3.47. The summed E-state index contributed by atoms with van der Waals surface area (Å²) in [5, 5.41) is 3.13. The van der Waals surface area contributed by atoms with Gasteiger partial charge in [0, 0.05) is 26.1 Å². The lowest BCUT2D eigenvalue weighted by Gasteiger charge is -2.39. The molecular weight excluding hydrogens is 318 g/mol. The van der Waals surface area contributed by atoms with Crippen molar-refractivity contribution in [2.24, 2.45) is 0 Å². The van der Waals surface area contributed by atoms with E-state index < -0.39 is 0 Å². The standard InChI is InChI=1S/C19H27N3O3/c1-19(2)14-22(11-12-25-19)18(24)20-16(15-7-4-3-5-8-15)13-21-10-6-9-17(21)23/h3-5,7-8,16H,6,9-14H2,1-2H3,(H,20,24). The van der Waals surface area contributed by atoms with Crippen molar-refractivity contribution in [2.45, 2.75) is 38.3 Å². The third kappa shape index (κ3) is 4.51. The number of carbonyl (C=O) groups is 2. The van der Waals surface area contributed by atoms with Gasteiger partial charge in [-0.05, 0) is 25.8 Å². The van der Waals surface area contributed by atoms with Crippen molar-refractivity contribution < 1.29 is 14.3 Å². The summed E-state index contributed by atoms with van der Waals surface area (Å²) < 4.78 is 5.68. The SMILES string of the molecule is CC1(C)CN(C(=O)NC(CN2CCCC2=O)c2ccccc2)CCO1. The van der Waals surface area contributed by atoms with Crippen molar-refractivity contribution >= 4 is 11.9 Å². The first-order chi connectivity index (χ1) is 11.9. The summed E-state index contributed by atoms with van der Waals surface area (Å²) in [4.78, 5) is 28.4. The highest BCUT2D eigenvalue weighted by Crippen LogP contribution is 2.21. The number of hydrogen-bond donors (Lipinski definition) is 1. The minimum Gasteiger partial charge on any atom is -0.372 e. The summed E-state index contributed by atoms with van der Waals surface area (Å²) >= 11 is 0. The number of hydrogen-bond acceptors (Lipinski definition) is 3. The van der Waals surface area contributed by atoms with Gasteiger partial charge < -0.3 is 19.9 Å². The maximum atomic E-state index is 12.8. The van der Waals surface area contributed by atoms with Crippen LogP contribution in [0.15, 0.2) is 30.3 Å². The Bertz CT molecular complexity index is 618. The third-order valence-electron chi connectivity index (χ3n) is 4.79. The number of amides is 3. The minimum atomic E-state index is -0.331. The zero-order chi connectivity index (χ0) is 17.9. The van der Waals surface area contributed by atoms with Crippen molar-refractivity contribution in [3.8, 4) is 0 Å². The Labute approximate surface area is 149 Å². The molecule has 25 heavy (non-hydrogen) atoms. The zero-order valence-electron chi connectivity index (χ0n) is 15.0. The molecule has 136 valence electrons. The molecule has 0 spiro atoms. The van der Waals surface area contributed by atoms with Gasteiger partial charge in [-0.1, -0.05) is 30.3 Å². The average molecular weight is 345 g/mol. The monoisotopic (exact) mass is 345 g/mol. The number of nitrogens with zero attached hydrogens (tertiary/aromatic N) is 2. The predicted molar refractivity (Wildman–Crippen MR) is 95.1 cm³/mol. The van der Waals surface area contributed by atoms with Crippen molar-refractivity contribution in [2.75, 3.05) is 32.8 Å². The number of ether oxygens (including phenoxy) is 1. The van der Waals surface area contributed by atoms with Crippen LogP contribution >= 0.6 is 0 Å². The summed E-state index contributed by atoms with van der Waals surface area (Å²) in [5.41, 5.74) is 0.686. The van der Waals surface area contributed by atoms with Crippen LogP contribution in [0.5, 0.6) is 0 Å². The molecule has 0 aliphatic carbocycles. The molecule has 1 unspecified atom stereocenters. The van der Waals surface area contributed by atoms with E-state index in [0.29, 0.717) is 32.7 Å². The van der Waals surface area contributed by atoms with E-state index >= 15 is 0 Å². The lowest BCUT2D eigenvalue weighted by atomic mass is 10.1. The third-order valence-corrected chi connectivity index (χ3v) is 4.79. The van der Waals surface area contributed by atoms with Crippen LogP contribution in [0.2, 0.25) is 0 Å². The molecule has 2 fully saturated rings. The van der Waals surface area contributed by atoms with Gasteiger partial charge in [0.15, 0.2) is 0 Å². The van der Waals surface area contributed by atoms with E-state index in [1.807, 2.05) is 49.1 Å². The lowest BCUT2D eigenvalue weighted by Crippen LogP contribution is -2.54. The molecule has 0 aromatic heterocycles. The van der Waals surface area contributed by atoms with E-state index in [4.69, 9.17) is 4.74 Å². The van der Waals surface area contributed by atoms with E-state index in [-0.39, 0.29) is 23.6 Å². The number of carbonyl (C=O) groups excluding carboxylic acids is 2. The van der Waals surface area contributed by atoms with Gasteiger partial charge in [0.05, 0.1) is 24.8 Å². The summed E-state index contributed by atoms with van der Waals surface area (Å²) in [7, 11) is 0. The second-order valence-electron chi connectivity index (χ2n) is 7.39. The molecular formula is C19H27N3O3. The Hall–Kier alpha value is -2.08. The average Bonchev–Trinajstić information content (AvgIpc) is 2.99. The highest BCUT2D eigenvalue weighted by Gasteiger charge is 2.32. The smallest absolute Gasteiger partial charge is 0.318 e. The molecule has 2 heterocycles. The first-order valence-corrected chi connectivity index (χ1v) is 8.97. The van der Waals surface area contributed by atoms with Crippen molar-refractivity contribution in [3.63, 3.8) is 0 Å². The second-order valence-corrected chi connectivity index (χ2v) is 7.39. The van der Waals surface area contributed by atoms with E-state index in [0.717, 1.165) is 18.5 Å². The number of morpholine rings is 1. The van der Waals surface area contributed by atoms with E-state index in [9.17, 15) is 9.59 Å². The van der Waals surface area contributed by atoms with Crippen LogP contribution < -0.4 is 5.32 Å². The second kappa shape index (κ2) is 7.44. The molecule has 1 N–H and O–H groups in total. The quantitative estimate of drug-likeness (QED) is 0.910. The van der Waals surface area contributed by atoms with Gasteiger partial charge in [0.2, 0.25) is 5.91 Å². The first kappa shape index (κ1) is 17.7. The number of rotatable bonds is 4. The van der Waals surface area contributed by atoms with Crippen molar-refractivity contribution in [1.29, 1.82) is 0 Å². The minimum absolute atomic E-state index is 0.100. The molecule has 1 aromatic rings. The van der Waals surface area contributed by atoms with Crippen LogP contribution in [0.1, 0.15) is 38.3 Å². The van der Waals surface area contributed by atoms with E-state index in [1.165, 1.54) is 0 Å². The molecule has 2 aliphatic rings. The molecule has 0 bridgehead atoms. The highest BCUT2D eigenvalue weighted by atomic mass is 16.5. The fraction of sp³-hybridized carbons (Fsp3) is 0.579. The summed E-state index contributed by atoms with van der Waals surface area (Å²) in [5.74, 6) is 0.169. The molecule has 2 aliphatic heterocycles. The van der Waals surface area contributed by atoms with Crippen LogP contribution in [-0.2, 0) is 9.53 Å². The summed E-state index contributed by atoms with van der Waals surface area (Å²) in [6.45, 7) is 6.95. The van der Waals surface area contributed by atoms with Gasteiger partial charge in [0.25, 0.3) is 0 Å². The van der Waals surface area contributed by atoms with Crippen molar-refractivity contribution in [1.82, 2.24) is 15.1 Å². The molecule has 0 radical (unpaired) electrons. The van der Waals surface area contributed by atoms with Gasteiger partial charge in [-0.2, -0.15) is 0 Å². The molecule has 1 aromatic carbocycles. The van der Waals surface area contributed by atoms with Gasteiger partial charge in [0.1, 0.15) is 0 Å². The fourth-order valence-electron chi connectivity index (χ4n) is 3.47. The molecule has 2 saturated heterocycles. The molecule has 3 amide bonds. The van der Waals surface area contributed by atoms with Crippen LogP contribution in [0.25, 0.3) is 0 Å². The molecule has 6 heteroatoms. The molecule has 0 saturated carbocycles. The Morgan fingerprint density at radius 3 is 2.68 bits per heavy atom. The first-order valence-electron chi connectivity index (χ1n) is 8.97. The number of urea groups is 1. The number of nitrogens with one attached hydrogen (secondary N) is 1. The maximum absolute atomic E-state index is 12.8. The van der Waals surface area contributed by atoms with Gasteiger partial charge in [-0.3, -0.25) is 4.79 Å². The van der Waals surface area contributed by atoms with Gasteiger partial charge in [-0.15, -0.1) is 0 Å². The number of likely N-dealkylation sites (tertiary alicyclic amines) is 1. The topological polar surface area (TPSA) is 61.9 Å². The largest absolute Gasteiger partial charge is 0.372 e. The summed E-state index contributed by atoms with van der Waals surface area (Å²) in [6.07, 6.45) is 1.50. The van der Waals surface area contributed by atoms with Crippen molar-refractivity contribution in [3.05, 3.63) is 35.9 Å². The van der Waals surface area contributed by atoms with Crippen LogP contribution in [0.3, 0.4) is 0 Å².